The molecule has 0 saturated carbocycles. The van der Waals surface area contributed by atoms with Gasteiger partial charge in [0.15, 0.2) is 12.2 Å². The second kappa shape index (κ2) is 11.0. The highest BCUT2D eigenvalue weighted by Gasteiger charge is 2.48. The molecule has 1 unspecified atom stereocenters. The molecule has 1 aliphatic heterocycles. The molecule has 0 aromatic heterocycles. The van der Waals surface area contributed by atoms with Crippen LogP contribution in [-0.2, 0) is 38.1 Å². The van der Waals surface area contributed by atoms with Crippen LogP contribution in [0.5, 0.6) is 0 Å². The van der Waals surface area contributed by atoms with Crippen LogP contribution in [0.3, 0.4) is 0 Å². The minimum absolute atomic E-state index is 0.414. The molecule has 0 aromatic carbocycles. The van der Waals surface area contributed by atoms with Gasteiger partial charge >= 0.3 is 24.0 Å². The van der Waals surface area contributed by atoms with Crippen LogP contribution >= 0.6 is 0 Å². The zero-order valence-electron chi connectivity index (χ0n) is 18.2. The van der Waals surface area contributed by atoms with E-state index in [1.165, 1.54) is 0 Å². The largest absolute Gasteiger partial charge is 0.477 e. The molecule has 0 saturated heterocycles. The van der Waals surface area contributed by atoms with Crippen molar-refractivity contribution in [3.8, 4) is 0 Å². The van der Waals surface area contributed by atoms with Crippen LogP contribution in [0.15, 0.2) is 11.8 Å². The van der Waals surface area contributed by atoms with Gasteiger partial charge in [-0.3, -0.25) is 9.59 Å². The number of carbonyl (C=O) groups excluding carboxylic acids is 4. The third-order valence-corrected chi connectivity index (χ3v) is 3.85. The van der Waals surface area contributed by atoms with Crippen LogP contribution in [0.25, 0.3) is 0 Å². The van der Waals surface area contributed by atoms with Crippen molar-refractivity contribution in [2.24, 2.45) is 0 Å². The Hall–Kier alpha value is -2.86. The molecule has 1 aliphatic rings. The summed E-state index contributed by atoms with van der Waals surface area (Å²) >= 11 is 0. The molecular formula is C19H29NO11. The molecule has 3 N–H and O–H groups in total. The number of rotatable bonds is 7. The summed E-state index contributed by atoms with van der Waals surface area (Å²) < 4.78 is 25.7. The maximum Gasteiger partial charge on any atom is 0.408 e. The molecule has 0 radical (unpaired) electrons. The Morgan fingerprint density at radius 2 is 1.81 bits per heavy atom. The van der Waals surface area contributed by atoms with E-state index in [0.29, 0.717) is 0 Å². The molecule has 31 heavy (non-hydrogen) atoms. The van der Waals surface area contributed by atoms with Gasteiger partial charge in [-0.25, -0.2) is 9.59 Å². The summed E-state index contributed by atoms with van der Waals surface area (Å²) in [6, 6.07) is -1.28. The van der Waals surface area contributed by atoms with Gasteiger partial charge in [0, 0.05) is 19.9 Å². The van der Waals surface area contributed by atoms with E-state index in [0.717, 1.165) is 27.0 Å². The quantitative estimate of drug-likeness (QED) is 0.342. The van der Waals surface area contributed by atoms with Crippen LogP contribution in [0.4, 0.5) is 4.79 Å². The summed E-state index contributed by atoms with van der Waals surface area (Å²) in [4.78, 5) is 47.7. The SMILES string of the molecule is COC(=O)C1=C[C@H](OC(C)=O)[C@@H](NC(=O)OC(C)(C)C)C([C@H](OC(C)=O)[C@H](O)CO)O1. The fourth-order valence-corrected chi connectivity index (χ4v) is 2.75. The molecule has 176 valence electrons. The Labute approximate surface area is 179 Å². The Balaban J connectivity index is 3.46. The maximum absolute atomic E-state index is 12.4. The summed E-state index contributed by atoms with van der Waals surface area (Å²) in [5.74, 6) is -2.95. The Bertz CT molecular complexity index is 712. The molecule has 1 heterocycles. The molecule has 5 atom stereocenters. The van der Waals surface area contributed by atoms with Crippen LogP contribution in [-0.4, -0.2) is 84.0 Å². The van der Waals surface area contributed by atoms with E-state index >= 15 is 0 Å². The number of methoxy groups -OCH3 is 1. The zero-order chi connectivity index (χ0) is 23.9. The molecule has 0 aromatic rings. The van der Waals surface area contributed by atoms with E-state index in [1.807, 2.05) is 0 Å². The predicted molar refractivity (Wildman–Crippen MR) is 102 cm³/mol. The lowest BCUT2D eigenvalue weighted by atomic mass is 9.93. The molecule has 0 aliphatic carbocycles. The lowest BCUT2D eigenvalue weighted by molar-refractivity contribution is -0.178. The van der Waals surface area contributed by atoms with E-state index in [2.05, 4.69) is 10.1 Å². The first kappa shape index (κ1) is 26.2. The number of alkyl carbamates (subject to hydrolysis) is 1. The van der Waals surface area contributed by atoms with E-state index in [9.17, 15) is 29.4 Å². The van der Waals surface area contributed by atoms with Gasteiger partial charge in [0.25, 0.3) is 0 Å². The van der Waals surface area contributed by atoms with Gasteiger partial charge in [0.1, 0.15) is 23.9 Å². The summed E-state index contributed by atoms with van der Waals surface area (Å²) in [7, 11) is 1.08. The Kier molecular flexibility index (Phi) is 9.25. The number of aliphatic hydroxyl groups excluding tert-OH is 2. The second-order valence-corrected chi connectivity index (χ2v) is 7.67. The van der Waals surface area contributed by atoms with Gasteiger partial charge in [-0.2, -0.15) is 0 Å². The molecule has 12 nitrogen and oxygen atoms in total. The summed E-state index contributed by atoms with van der Waals surface area (Å²) in [5.41, 5.74) is -0.876. The minimum atomic E-state index is -1.66. The normalized spacial score (nSPS) is 22.7. The van der Waals surface area contributed by atoms with Crippen molar-refractivity contribution in [3.05, 3.63) is 11.8 Å². The van der Waals surface area contributed by atoms with E-state index in [-0.39, 0.29) is 0 Å². The van der Waals surface area contributed by atoms with Crippen molar-refractivity contribution in [3.63, 3.8) is 0 Å². The van der Waals surface area contributed by atoms with Crippen molar-refractivity contribution >= 4 is 24.0 Å². The lowest BCUT2D eigenvalue weighted by Gasteiger charge is -2.40. The number of aliphatic hydroxyl groups is 2. The van der Waals surface area contributed by atoms with E-state index in [4.69, 9.17) is 18.9 Å². The van der Waals surface area contributed by atoms with Crippen molar-refractivity contribution in [1.29, 1.82) is 0 Å². The number of carbonyl (C=O) groups is 4. The molecule has 12 heteroatoms. The minimum Gasteiger partial charge on any atom is -0.477 e. The monoisotopic (exact) mass is 447 g/mol. The van der Waals surface area contributed by atoms with Crippen molar-refractivity contribution in [1.82, 2.24) is 5.32 Å². The highest BCUT2D eigenvalue weighted by atomic mass is 16.6. The van der Waals surface area contributed by atoms with Crippen molar-refractivity contribution in [2.45, 2.75) is 70.7 Å². The lowest BCUT2D eigenvalue weighted by Crippen LogP contribution is -2.62. The van der Waals surface area contributed by atoms with Gasteiger partial charge in [0.05, 0.1) is 13.7 Å². The third-order valence-electron chi connectivity index (χ3n) is 3.85. The Morgan fingerprint density at radius 3 is 2.26 bits per heavy atom. The standard InChI is InChI=1S/C19H29NO11/c1-9(22)28-12-7-13(17(25)27-6)30-16(15(11(24)8-21)29-10(2)23)14(12)20-18(26)31-19(3,4)5/h7,11-12,14-16,21,24H,8H2,1-6H3,(H,20,26)/t11-,12+,14-,15-,16?/m1/s1. The smallest absolute Gasteiger partial charge is 0.408 e. The zero-order valence-corrected chi connectivity index (χ0v) is 18.2. The van der Waals surface area contributed by atoms with Crippen LogP contribution < -0.4 is 5.32 Å². The number of hydrogen-bond acceptors (Lipinski definition) is 11. The second-order valence-electron chi connectivity index (χ2n) is 7.67. The number of esters is 3. The highest BCUT2D eigenvalue weighted by molar-refractivity contribution is 5.86. The fraction of sp³-hybridized carbons (Fsp3) is 0.684. The average Bonchev–Trinajstić information content (AvgIpc) is 2.64. The first-order valence-electron chi connectivity index (χ1n) is 9.38. The topological polar surface area (TPSA) is 167 Å². The van der Waals surface area contributed by atoms with Crippen molar-refractivity contribution in [2.75, 3.05) is 13.7 Å². The van der Waals surface area contributed by atoms with Gasteiger partial charge in [-0.1, -0.05) is 0 Å². The third kappa shape index (κ3) is 8.06. The van der Waals surface area contributed by atoms with Gasteiger partial charge in [-0.05, 0) is 20.8 Å². The highest BCUT2D eigenvalue weighted by Crippen LogP contribution is 2.27. The first-order chi connectivity index (χ1) is 14.3. The Morgan fingerprint density at radius 1 is 1.19 bits per heavy atom. The number of hydrogen-bond donors (Lipinski definition) is 3. The van der Waals surface area contributed by atoms with Gasteiger partial charge in [0.2, 0.25) is 5.76 Å². The summed E-state index contributed by atoms with van der Waals surface area (Å²) in [5, 5.41) is 22.1. The van der Waals surface area contributed by atoms with Gasteiger partial charge < -0.3 is 39.2 Å². The summed E-state index contributed by atoms with van der Waals surface area (Å²) in [6.45, 7) is 6.18. The first-order valence-corrected chi connectivity index (χ1v) is 9.38. The van der Waals surface area contributed by atoms with Gasteiger partial charge in [-0.15, -0.1) is 0 Å². The predicted octanol–water partition coefficient (Wildman–Crippen LogP) is -0.448. The number of nitrogens with one attached hydrogen (secondary N) is 1. The molecule has 0 spiro atoms. The molecule has 0 fully saturated rings. The fourth-order valence-electron chi connectivity index (χ4n) is 2.75. The average molecular weight is 447 g/mol. The van der Waals surface area contributed by atoms with E-state index < -0.39 is 72.4 Å². The van der Waals surface area contributed by atoms with Crippen LogP contribution in [0.2, 0.25) is 0 Å². The van der Waals surface area contributed by atoms with Crippen LogP contribution in [0, 0.1) is 0 Å². The summed E-state index contributed by atoms with van der Waals surface area (Å²) in [6.07, 6.45) is -5.82. The molecule has 1 amide bonds. The van der Waals surface area contributed by atoms with Crippen molar-refractivity contribution < 1.29 is 53.1 Å². The van der Waals surface area contributed by atoms with Crippen LogP contribution in [0.1, 0.15) is 34.6 Å². The molecule has 1 rings (SSSR count). The number of ether oxygens (including phenoxy) is 5. The van der Waals surface area contributed by atoms with E-state index in [1.54, 1.807) is 20.8 Å². The molecule has 0 bridgehead atoms. The molecular weight excluding hydrogens is 418 g/mol. The number of amides is 1. The maximum atomic E-state index is 12.4.